The van der Waals surface area contributed by atoms with E-state index in [-0.39, 0.29) is 17.5 Å². The molecule has 150 valence electrons. The molecule has 0 heterocycles. The van der Waals surface area contributed by atoms with Gasteiger partial charge in [0, 0.05) is 13.1 Å². The van der Waals surface area contributed by atoms with Gasteiger partial charge in [-0.15, -0.1) is 0 Å². The molecule has 0 bridgehead atoms. The van der Waals surface area contributed by atoms with E-state index in [1.54, 1.807) is 0 Å². The summed E-state index contributed by atoms with van der Waals surface area (Å²) in [4.78, 5) is 12.8. The van der Waals surface area contributed by atoms with Crippen LogP contribution in [0.2, 0.25) is 0 Å². The maximum atomic E-state index is 12.8. The summed E-state index contributed by atoms with van der Waals surface area (Å²) in [6.45, 7) is 4.58. The number of aryl methyl sites for hydroxylation is 1. The second kappa shape index (κ2) is 8.99. The first-order valence-electron chi connectivity index (χ1n) is 10.9. The van der Waals surface area contributed by atoms with E-state index in [2.05, 4.69) is 41.9 Å². The maximum absolute atomic E-state index is 12.8. The predicted octanol–water partition coefficient (Wildman–Crippen LogP) is 5.94. The smallest absolute Gasteiger partial charge is 0.319 e. The number of amides is 2. The van der Waals surface area contributed by atoms with Crippen LogP contribution in [0.15, 0.2) is 18.2 Å². The van der Waals surface area contributed by atoms with Crippen molar-refractivity contribution >= 4 is 17.4 Å². The summed E-state index contributed by atoms with van der Waals surface area (Å²) in [5.74, 6) is 0.758. The summed E-state index contributed by atoms with van der Waals surface area (Å²) in [7, 11) is 1.90. The van der Waals surface area contributed by atoms with E-state index in [1.807, 2.05) is 13.1 Å². The van der Waals surface area contributed by atoms with Gasteiger partial charge < -0.3 is 16.0 Å². The SMILES string of the molecule is CCc1ccc(NC(=O)NC2CCCCC2(C)C2CCCCC2)c(NC)c1. The predicted molar refractivity (Wildman–Crippen MR) is 114 cm³/mol. The third-order valence-electron chi connectivity index (χ3n) is 7.11. The molecule has 0 aliphatic heterocycles. The molecule has 3 rings (SSSR count). The number of carbonyl (C=O) groups excluding carboxylic acids is 1. The van der Waals surface area contributed by atoms with E-state index in [9.17, 15) is 4.79 Å². The number of hydrogen-bond acceptors (Lipinski definition) is 2. The summed E-state index contributed by atoms with van der Waals surface area (Å²) in [6, 6.07) is 6.42. The van der Waals surface area contributed by atoms with Crippen LogP contribution in [0.25, 0.3) is 0 Å². The van der Waals surface area contributed by atoms with Crippen LogP contribution in [0.3, 0.4) is 0 Å². The van der Waals surface area contributed by atoms with Crippen molar-refractivity contribution in [1.29, 1.82) is 0 Å². The quantitative estimate of drug-likeness (QED) is 0.600. The van der Waals surface area contributed by atoms with Crippen LogP contribution in [0.1, 0.15) is 77.2 Å². The van der Waals surface area contributed by atoms with Crippen molar-refractivity contribution in [3.63, 3.8) is 0 Å². The van der Waals surface area contributed by atoms with Gasteiger partial charge in [0.25, 0.3) is 0 Å². The Balaban J connectivity index is 1.68. The van der Waals surface area contributed by atoms with Gasteiger partial charge >= 0.3 is 6.03 Å². The molecule has 0 saturated heterocycles. The van der Waals surface area contributed by atoms with Gasteiger partial charge in [0.05, 0.1) is 11.4 Å². The summed E-state index contributed by atoms with van der Waals surface area (Å²) in [5.41, 5.74) is 3.33. The average molecular weight is 372 g/mol. The van der Waals surface area contributed by atoms with Crippen LogP contribution < -0.4 is 16.0 Å². The molecule has 2 fully saturated rings. The Bertz CT molecular complexity index is 639. The first kappa shape index (κ1) is 20.0. The summed E-state index contributed by atoms with van der Waals surface area (Å²) in [6.07, 6.45) is 12.6. The fraction of sp³-hybridized carbons (Fsp3) is 0.696. The molecular weight excluding hydrogens is 334 g/mol. The van der Waals surface area contributed by atoms with Gasteiger partial charge in [-0.25, -0.2) is 4.79 Å². The van der Waals surface area contributed by atoms with E-state index in [4.69, 9.17) is 0 Å². The van der Waals surface area contributed by atoms with Crippen LogP contribution in [0.4, 0.5) is 16.2 Å². The van der Waals surface area contributed by atoms with Crippen molar-refractivity contribution in [2.45, 2.75) is 84.1 Å². The first-order chi connectivity index (χ1) is 13.1. The molecule has 4 nitrogen and oxygen atoms in total. The van der Waals surface area contributed by atoms with Crippen LogP contribution in [-0.2, 0) is 6.42 Å². The van der Waals surface area contributed by atoms with E-state index in [1.165, 1.54) is 56.9 Å². The normalized spacial score (nSPS) is 26.4. The lowest BCUT2D eigenvalue weighted by Crippen LogP contribution is -2.53. The maximum Gasteiger partial charge on any atom is 0.319 e. The Labute approximate surface area is 164 Å². The molecule has 2 atom stereocenters. The monoisotopic (exact) mass is 371 g/mol. The highest BCUT2D eigenvalue weighted by Gasteiger charge is 2.43. The summed E-state index contributed by atoms with van der Waals surface area (Å²) < 4.78 is 0. The molecule has 2 saturated carbocycles. The summed E-state index contributed by atoms with van der Waals surface area (Å²) >= 11 is 0. The zero-order chi connectivity index (χ0) is 19.3. The molecule has 2 aliphatic rings. The molecule has 1 aromatic rings. The molecule has 2 amide bonds. The number of anilines is 2. The minimum absolute atomic E-state index is 0.0651. The molecule has 0 radical (unpaired) electrons. The Hall–Kier alpha value is -1.71. The molecule has 0 aromatic heterocycles. The Morgan fingerprint density at radius 3 is 2.52 bits per heavy atom. The summed E-state index contributed by atoms with van der Waals surface area (Å²) in [5, 5.41) is 9.65. The molecule has 3 N–H and O–H groups in total. The molecule has 2 aliphatic carbocycles. The number of carbonyl (C=O) groups is 1. The van der Waals surface area contributed by atoms with Gasteiger partial charge in [0.2, 0.25) is 0 Å². The van der Waals surface area contributed by atoms with E-state index in [0.717, 1.165) is 30.1 Å². The van der Waals surface area contributed by atoms with Gasteiger partial charge in [-0.1, -0.05) is 52.0 Å². The topological polar surface area (TPSA) is 53.2 Å². The molecule has 1 aromatic carbocycles. The van der Waals surface area contributed by atoms with Gasteiger partial charge in [0.15, 0.2) is 0 Å². The second-order valence-electron chi connectivity index (χ2n) is 8.72. The lowest BCUT2D eigenvalue weighted by Gasteiger charge is -2.48. The highest BCUT2D eigenvalue weighted by atomic mass is 16.2. The largest absolute Gasteiger partial charge is 0.386 e. The second-order valence-corrected chi connectivity index (χ2v) is 8.72. The molecule has 2 unspecified atom stereocenters. The van der Waals surface area contributed by atoms with Crippen molar-refractivity contribution in [3.8, 4) is 0 Å². The van der Waals surface area contributed by atoms with Crippen LogP contribution in [0, 0.1) is 11.3 Å². The molecule has 4 heteroatoms. The lowest BCUT2D eigenvalue weighted by molar-refractivity contribution is 0.0523. The molecular formula is C23H37N3O. The van der Waals surface area contributed by atoms with Gasteiger partial charge in [-0.05, 0) is 61.1 Å². The van der Waals surface area contributed by atoms with Crippen molar-refractivity contribution < 1.29 is 4.79 Å². The van der Waals surface area contributed by atoms with Crippen molar-refractivity contribution in [2.24, 2.45) is 11.3 Å². The van der Waals surface area contributed by atoms with Crippen molar-refractivity contribution in [2.75, 3.05) is 17.7 Å². The number of rotatable bonds is 5. The minimum atomic E-state index is -0.0651. The highest BCUT2D eigenvalue weighted by Crippen LogP contribution is 2.48. The zero-order valence-corrected chi connectivity index (χ0v) is 17.4. The number of nitrogens with one attached hydrogen (secondary N) is 3. The van der Waals surface area contributed by atoms with Crippen LogP contribution in [0.5, 0.6) is 0 Å². The zero-order valence-electron chi connectivity index (χ0n) is 17.4. The van der Waals surface area contributed by atoms with Crippen molar-refractivity contribution in [1.82, 2.24) is 5.32 Å². The third kappa shape index (κ3) is 4.59. The molecule has 0 spiro atoms. The van der Waals surface area contributed by atoms with Crippen LogP contribution in [-0.4, -0.2) is 19.1 Å². The average Bonchev–Trinajstić information content (AvgIpc) is 2.70. The standard InChI is InChI=1S/C23H37N3O/c1-4-17-13-14-19(20(16-17)24-3)25-22(27)26-21-12-8-9-15-23(21,2)18-10-6-5-7-11-18/h13-14,16,18,21,24H,4-12,15H2,1-3H3,(H2,25,26,27). The fourth-order valence-corrected chi connectivity index (χ4v) is 5.29. The third-order valence-corrected chi connectivity index (χ3v) is 7.11. The van der Waals surface area contributed by atoms with E-state index < -0.39 is 0 Å². The van der Waals surface area contributed by atoms with E-state index in [0.29, 0.717) is 0 Å². The lowest BCUT2D eigenvalue weighted by atomic mass is 9.60. The first-order valence-corrected chi connectivity index (χ1v) is 10.9. The number of benzene rings is 1. The van der Waals surface area contributed by atoms with Crippen molar-refractivity contribution in [3.05, 3.63) is 23.8 Å². The Morgan fingerprint density at radius 1 is 1.07 bits per heavy atom. The van der Waals surface area contributed by atoms with E-state index >= 15 is 0 Å². The fourth-order valence-electron chi connectivity index (χ4n) is 5.29. The Morgan fingerprint density at radius 2 is 1.81 bits per heavy atom. The van der Waals surface area contributed by atoms with Gasteiger partial charge in [-0.3, -0.25) is 0 Å². The highest BCUT2D eigenvalue weighted by molar-refractivity contribution is 5.93. The minimum Gasteiger partial charge on any atom is -0.386 e. The number of hydrogen-bond donors (Lipinski definition) is 3. The van der Waals surface area contributed by atoms with Crippen LogP contribution >= 0.6 is 0 Å². The Kier molecular flexibility index (Phi) is 6.67. The number of urea groups is 1. The molecule has 27 heavy (non-hydrogen) atoms. The van der Waals surface area contributed by atoms with Gasteiger partial charge in [-0.2, -0.15) is 0 Å². The van der Waals surface area contributed by atoms with Gasteiger partial charge in [0.1, 0.15) is 0 Å².